The van der Waals surface area contributed by atoms with Crippen LogP contribution in [0.1, 0.15) is 11.1 Å². The van der Waals surface area contributed by atoms with E-state index in [1.54, 1.807) is 12.2 Å². The van der Waals surface area contributed by atoms with E-state index in [0.717, 1.165) is 21.9 Å². The molecular weight excluding hydrogens is 428 g/mol. The minimum atomic E-state index is 0.0431. The Labute approximate surface area is 204 Å². The largest absolute Gasteiger partial charge is 0.457 e. The molecule has 0 bridgehead atoms. The lowest BCUT2D eigenvalue weighted by Crippen LogP contribution is -1.98. The topological polar surface area (TPSA) is 56.8 Å². The van der Waals surface area contributed by atoms with Crippen molar-refractivity contribution >= 4 is 33.7 Å². The molecule has 4 aromatic carbocycles. The summed E-state index contributed by atoms with van der Waals surface area (Å²) in [6.45, 7) is 0. The van der Waals surface area contributed by atoms with Crippen LogP contribution in [0, 0.1) is 22.7 Å². The number of fused-ring (bicyclic) bond motifs is 2. The molecule has 0 fully saturated rings. The van der Waals surface area contributed by atoms with E-state index >= 15 is 0 Å². The van der Waals surface area contributed by atoms with E-state index in [1.165, 1.54) is 10.8 Å². The summed E-state index contributed by atoms with van der Waals surface area (Å²) in [5.74, 6) is 1.11. The van der Waals surface area contributed by atoms with Crippen LogP contribution < -0.4 is 0 Å². The molecular formula is C32H20N2O. The van der Waals surface area contributed by atoms with Crippen LogP contribution >= 0.6 is 0 Å². The molecule has 3 nitrogen and oxygen atoms in total. The smallest absolute Gasteiger partial charge is 0.137 e. The van der Waals surface area contributed by atoms with E-state index in [9.17, 15) is 10.5 Å². The van der Waals surface area contributed by atoms with E-state index in [-0.39, 0.29) is 5.57 Å². The van der Waals surface area contributed by atoms with Crippen molar-refractivity contribution < 1.29 is 4.74 Å². The predicted octanol–water partition coefficient (Wildman–Crippen LogP) is 7.86. The SMILES string of the molecule is N#CC(C#N)=C1C=C(/C=C/c2ccc3ccccc3c2)OC(/C=C/c2ccc3ccccc3c2)=C1. The average molecular weight is 449 g/mol. The molecule has 0 N–H and O–H groups in total. The van der Waals surface area contributed by atoms with Gasteiger partial charge in [-0.25, -0.2) is 0 Å². The zero-order chi connectivity index (χ0) is 24.0. The molecule has 0 radical (unpaired) electrons. The maximum atomic E-state index is 9.40. The Bertz CT molecular complexity index is 1560. The summed E-state index contributed by atoms with van der Waals surface area (Å²) < 4.78 is 6.07. The number of ether oxygens (including phenoxy) is 1. The monoisotopic (exact) mass is 448 g/mol. The zero-order valence-electron chi connectivity index (χ0n) is 18.8. The first-order valence-electron chi connectivity index (χ1n) is 11.2. The highest BCUT2D eigenvalue weighted by atomic mass is 16.5. The first kappa shape index (κ1) is 21.7. The molecule has 0 aromatic heterocycles. The molecule has 0 aliphatic carbocycles. The Hall–Kier alpha value is -5.12. The van der Waals surface area contributed by atoms with Crippen molar-refractivity contribution in [1.82, 2.24) is 0 Å². The van der Waals surface area contributed by atoms with E-state index in [4.69, 9.17) is 4.74 Å². The summed E-state index contributed by atoms with van der Waals surface area (Å²) >= 11 is 0. The number of benzene rings is 4. The molecule has 3 heteroatoms. The minimum absolute atomic E-state index is 0.0431. The Morgan fingerprint density at radius 3 is 1.49 bits per heavy atom. The third-order valence-corrected chi connectivity index (χ3v) is 5.77. The van der Waals surface area contributed by atoms with Gasteiger partial charge in [0.05, 0.1) is 0 Å². The van der Waals surface area contributed by atoms with Gasteiger partial charge in [-0.15, -0.1) is 0 Å². The fraction of sp³-hybridized carbons (Fsp3) is 0. The lowest BCUT2D eigenvalue weighted by molar-refractivity contribution is 0.332. The third-order valence-electron chi connectivity index (χ3n) is 5.77. The number of hydrogen-bond acceptors (Lipinski definition) is 3. The zero-order valence-corrected chi connectivity index (χ0v) is 18.8. The van der Waals surface area contributed by atoms with Crippen LogP contribution in [0.5, 0.6) is 0 Å². The van der Waals surface area contributed by atoms with Gasteiger partial charge >= 0.3 is 0 Å². The van der Waals surface area contributed by atoms with Gasteiger partial charge in [0.2, 0.25) is 0 Å². The van der Waals surface area contributed by atoms with Gasteiger partial charge in [-0.1, -0.05) is 84.9 Å². The minimum Gasteiger partial charge on any atom is -0.457 e. The normalized spacial score (nSPS) is 13.4. The van der Waals surface area contributed by atoms with Gasteiger partial charge in [-0.2, -0.15) is 10.5 Å². The Morgan fingerprint density at radius 2 is 1.03 bits per heavy atom. The second kappa shape index (κ2) is 9.79. The average Bonchev–Trinajstić information content (AvgIpc) is 2.91. The summed E-state index contributed by atoms with van der Waals surface area (Å²) in [5, 5.41) is 23.5. The molecule has 0 saturated heterocycles. The van der Waals surface area contributed by atoms with Crippen LogP contribution in [0.3, 0.4) is 0 Å². The van der Waals surface area contributed by atoms with Gasteiger partial charge in [0.1, 0.15) is 29.2 Å². The van der Waals surface area contributed by atoms with Crippen molar-refractivity contribution in [3.8, 4) is 12.1 Å². The van der Waals surface area contributed by atoms with Gasteiger partial charge < -0.3 is 4.74 Å². The fourth-order valence-electron chi connectivity index (χ4n) is 3.99. The van der Waals surface area contributed by atoms with Crippen LogP contribution in [0.25, 0.3) is 33.7 Å². The third kappa shape index (κ3) is 4.96. The second-order valence-electron chi connectivity index (χ2n) is 8.13. The Morgan fingerprint density at radius 1 is 0.571 bits per heavy atom. The molecule has 0 unspecified atom stereocenters. The molecule has 1 aliphatic rings. The predicted molar refractivity (Wildman–Crippen MR) is 141 cm³/mol. The molecule has 0 amide bonds. The summed E-state index contributed by atoms with van der Waals surface area (Å²) in [7, 11) is 0. The van der Waals surface area contributed by atoms with Gasteiger partial charge in [0.25, 0.3) is 0 Å². The van der Waals surface area contributed by atoms with Gasteiger partial charge in [0.15, 0.2) is 0 Å². The highest BCUT2D eigenvalue weighted by molar-refractivity contribution is 5.85. The van der Waals surface area contributed by atoms with Crippen LogP contribution in [-0.2, 0) is 4.74 Å². The molecule has 0 saturated carbocycles. The molecule has 0 atom stereocenters. The quantitative estimate of drug-likeness (QED) is 0.299. The molecule has 0 spiro atoms. The summed E-state index contributed by atoms with van der Waals surface area (Å²) in [6.07, 6.45) is 11.1. The number of nitriles is 2. The number of nitrogens with zero attached hydrogens (tertiary/aromatic N) is 2. The Kier molecular flexibility index (Phi) is 6.07. The first-order chi connectivity index (χ1) is 17.2. The fourth-order valence-corrected chi connectivity index (χ4v) is 3.99. The van der Waals surface area contributed by atoms with Crippen LogP contribution in [-0.4, -0.2) is 0 Å². The highest BCUT2D eigenvalue weighted by Crippen LogP contribution is 2.26. The van der Waals surface area contributed by atoms with Crippen molar-refractivity contribution in [1.29, 1.82) is 10.5 Å². The molecule has 1 heterocycles. The lowest BCUT2D eigenvalue weighted by Gasteiger charge is -2.14. The molecule has 35 heavy (non-hydrogen) atoms. The first-order valence-corrected chi connectivity index (χ1v) is 11.2. The summed E-state index contributed by atoms with van der Waals surface area (Å²) in [6, 6.07) is 32.8. The summed E-state index contributed by atoms with van der Waals surface area (Å²) in [5.41, 5.74) is 2.63. The van der Waals surface area contributed by atoms with Gasteiger partial charge in [0, 0.05) is 5.57 Å². The maximum absolute atomic E-state index is 9.40. The van der Waals surface area contributed by atoms with Crippen molar-refractivity contribution in [3.05, 3.63) is 143 Å². The lowest BCUT2D eigenvalue weighted by atomic mass is 10.0. The second-order valence-corrected chi connectivity index (χ2v) is 8.13. The van der Waals surface area contributed by atoms with Crippen molar-refractivity contribution in [2.24, 2.45) is 0 Å². The molecule has 5 rings (SSSR count). The van der Waals surface area contributed by atoms with Crippen LogP contribution in [0.15, 0.2) is 132 Å². The molecule has 164 valence electrons. The van der Waals surface area contributed by atoms with E-state index < -0.39 is 0 Å². The highest BCUT2D eigenvalue weighted by Gasteiger charge is 2.12. The van der Waals surface area contributed by atoms with Crippen molar-refractivity contribution in [2.75, 3.05) is 0 Å². The number of hydrogen-bond donors (Lipinski definition) is 0. The van der Waals surface area contributed by atoms with E-state index in [1.807, 2.05) is 72.8 Å². The number of allylic oxidation sites excluding steroid dienone is 6. The van der Waals surface area contributed by atoms with Gasteiger partial charge in [-0.3, -0.25) is 0 Å². The van der Waals surface area contributed by atoms with Gasteiger partial charge in [-0.05, 0) is 69.1 Å². The van der Waals surface area contributed by atoms with Crippen LogP contribution in [0.4, 0.5) is 0 Å². The van der Waals surface area contributed by atoms with Crippen LogP contribution in [0.2, 0.25) is 0 Å². The standard InChI is InChI=1S/C32H20N2O/c33-21-30(22-34)29-19-31(15-11-23-9-13-25-5-1-3-7-27(25)17-23)35-32(20-29)16-12-24-10-14-26-6-2-4-8-28(26)18-24/h1-20H/b15-11+,16-12+. The van der Waals surface area contributed by atoms with Crippen molar-refractivity contribution in [3.63, 3.8) is 0 Å². The Balaban J connectivity index is 1.44. The molecule has 4 aromatic rings. The summed E-state index contributed by atoms with van der Waals surface area (Å²) in [4.78, 5) is 0. The van der Waals surface area contributed by atoms with E-state index in [2.05, 4.69) is 48.5 Å². The number of rotatable bonds is 4. The maximum Gasteiger partial charge on any atom is 0.137 e. The molecule has 1 aliphatic heterocycles. The van der Waals surface area contributed by atoms with E-state index in [0.29, 0.717) is 17.1 Å². The van der Waals surface area contributed by atoms with Crippen molar-refractivity contribution in [2.45, 2.75) is 0 Å².